The Morgan fingerprint density at radius 2 is 1.89 bits per heavy atom. The van der Waals surface area contributed by atoms with Crippen LogP contribution in [-0.2, 0) is 0 Å². The summed E-state index contributed by atoms with van der Waals surface area (Å²) in [7, 11) is 0. The summed E-state index contributed by atoms with van der Waals surface area (Å²) in [6.45, 7) is 1.78. The maximum Gasteiger partial charge on any atom is 0.401 e. The average molecular weight is 386 g/mol. The van der Waals surface area contributed by atoms with Gasteiger partial charge in [-0.25, -0.2) is 0 Å². The van der Waals surface area contributed by atoms with Gasteiger partial charge in [-0.2, -0.15) is 13.2 Å². The first-order chi connectivity index (χ1) is 12.9. The monoisotopic (exact) mass is 386 g/mol. The minimum absolute atomic E-state index is 0.249. The zero-order valence-electron chi connectivity index (χ0n) is 15.1. The van der Waals surface area contributed by atoms with E-state index in [0.717, 1.165) is 12.1 Å². The maximum atomic E-state index is 12.4. The number of nitrogens with one attached hydrogen (secondary N) is 1. The van der Waals surface area contributed by atoms with Crippen molar-refractivity contribution in [1.82, 2.24) is 4.90 Å². The fraction of sp³-hybridized carbons (Fsp3) is 0.611. The first kappa shape index (κ1) is 19.6. The van der Waals surface area contributed by atoms with Gasteiger partial charge in [-0.3, -0.25) is 9.89 Å². The number of rotatable bonds is 4. The van der Waals surface area contributed by atoms with E-state index in [9.17, 15) is 13.2 Å². The Hall–Kier alpha value is -2.16. The molecule has 1 aromatic rings. The Morgan fingerprint density at radius 3 is 2.59 bits per heavy atom. The van der Waals surface area contributed by atoms with E-state index in [1.807, 2.05) is 18.2 Å². The maximum absolute atomic E-state index is 12.4. The third-order valence-corrected chi connectivity index (χ3v) is 4.65. The van der Waals surface area contributed by atoms with E-state index < -0.39 is 12.7 Å². The number of ether oxygens (including phenoxy) is 2. The van der Waals surface area contributed by atoms with Crippen LogP contribution in [0.2, 0.25) is 0 Å². The number of fused-ring (bicyclic) bond motifs is 1. The largest absolute Gasteiger partial charge is 0.490 e. The molecule has 9 heteroatoms. The van der Waals surface area contributed by atoms with Crippen LogP contribution in [0.4, 0.5) is 18.9 Å². The van der Waals surface area contributed by atoms with Gasteiger partial charge in [0.25, 0.3) is 0 Å². The molecule has 2 heterocycles. The van der Waals surface area contributed by atoms with Gasteiger partial charge in [-0.15, -0.1) is 0 Å². The van der Waals surface area contributed by atoms with Crippen LogP contribution in [0.5, 0.6) is 11.5 Å². The number of hydrogen-bond donors (Lipinski definition) is 2. The summed E-state index contributed by atoms with van der Waals surface area (Å²) in [5.41, 5.74) is 6.70. The molecule has 0 radical (unpaired) electrons. The lowest BCUT2D eigenvalue weighted by Crippen LogP contribution is -2.40. The molecule has 2 aliphatic rings. The van der Waals surface area contributed by atoms with Crippen LogP contribution in [0.25, 0.3) is 0 Å². The molecule has 2 aliphatic heterocycles. The van der Waals surface area contributed by atoms with Crippen molar-refractivity contribution >= 4 is 11.6 Å². The van der Waals surface area contributed by atoms with Gasteiger partial charge < -0.3 is 20.5 Å². The second kappa shape index (κ2) is 8.69. The van der Waals surface area contributed by atoms with Gasteiger partial charge in [0, 0.05) is 24.7 Å². The minimum atomic E-state index is -4.14. The Bertz CT molecular complexity index is 658. The summed E-state index contributed by atoms with van der Waals surface area (Å²) < 4.78 is 48.5. The number of aliphatic imine (C=N–C) groups is 1. The Labute approximate surface area is 156 Å². The molecule has 1 saturated heterocycles. The lowest BCUT2D eigenvalue weighted by atomic mass is 9.97. The van der Waals surface area contributed by atoms with Crippen molar-refractivity contribution in [3.63, 3.8) is 0 Å². The van der Waals surface area contributed by atoms with Crippen molar-refractivity contribution in [1.29, 1.82) is 0 Å². The standard InChI is InChI=1S/C18H25F3N4O2/c19-18(20,21)12-25-6-4-13(5-7-25)11-23-17(22)24-14-2-3-15-16(10-14)27-9-1-8-26-15/h2-3,10,13H,1,4-9,11-12H2,(H3,22,23,24). The van der Waals surface area contributed by atoms with Crippen LogP contribution in [0.15, 0.2) is 23.2 Å². The summed E-state index contributed by atoms with van der Waals surface area (Å²) in [6.07, 6.45) is -1.92. The topological polar surface area (TPSA) is 72.1 Å². The molecule has 3 N–H and O–H groups in total. The summed E-state index contributed by atoms with van der Waals surface area (Å²) >= 11 is 0. The molecule has 27 heavy (non-hydrogen) atoms. The fourth-order valence-corrected chi connectivity index (χ4v) is 3.24. The molecular weight excluding hydrogens is 361 g/mol. The van der Waals surface area contributed by atoms with E-state index in [2.05, 4.69) is 10.3 Å². The summed E-state index contributed by atoms with van der Waals surface area (Å²) in [4.78, 5) is 5.79. The first-order valence-electron chi connectivity index (χ1n) is 9.15. The van der Waals surface area contributed by atoms with Crippen molar-refractivity contribution in [3.05, 3.63) is 18.2 Å². The van der Waals surface area contributed by atoms with Crippen LogP contribution in [-0.4, -0.2) is 56.4 Å². The van der Waals surface area contributed by atoms with E-state index in [0.29, 0.717) is 57.2 Å². The van der Waals surface area contributed by atoms with Crippen LogP contribution >= 0.6 is 0 Å². The SMILES string of the molecule is NC(=NCC1CCN(CC(F)(F)F)CC1)Nc1ccc2c(c1)OCCCO2. The molecule has 1 fully saturated rings. The summed E-state index contributed by atoms with van der Waals surface area (Å²) in [5, 5.41) is 3.02. The van der Waals surface area contributed by atoms with Gasteiger partial charge in [0.2, 0.25) is 0 Å². The number of benzene rings is 1. The van der Waals surface area contributed by atoms with Gasteiger partial charge >= 0.3 is 6.18 Å². The van der Waals surface area contributed by atoms with E-state index in [-0.39, 0.29) is 11.9 Å². The van der Waals surface area contributed by atoms with Gasteiger partial charge in [0.05, 0.1) is 19.8 Å². The molecule has 150 valence electrons. The van der Waals surface area contributed by atoms with Gasteiger partial charge in [0.15, 0.2) is 17.5 Å². The normalized spacial score (nSPS) is 19.6. The van der Waals surface area contributed by atoms with Crippen molar-refractivity contribution in [2.24, 2.45) is 16.6 Å². The van der Waals surface area contributed by atoms with Gasteiger partial charge in [-0.1, -0.05) is 0 Å². The molecule has 0 saturated carbocycles. The van der Waals surface area contributed by atoms with Crippen molar-refractivity contribution in [2.75, 3.05) is 44.7 Å². The number of nitrogens with two attached hydrogens (primary N) is 1. The highest BCUT2D eigenvalue weighted by atomic mass is 19.4. The lowest BCUT2D eigenvalue weighted by molar-refractivity contribution is -0.148. The minimum Gasteiger partial charge on any atom is -0.490 e. The molecule has 0 aromatic heterocycles. The van der Waals surface area contributed by atoms with Crippen molar-refractivity contribution in [2.45, 2.75) is 25.4 Å². The number of halogens is 3. The number of anilines is 1. The van der Waals surface area contributed by atoms with Crippen molar-refractivity contribution < 1.29 is 22.6 Å². The molecule has 6 nitrogen and oxygen atoms in total. The number of hydrogen-bond acceptors (Lipinski definition) is 4. The fourth-order valence-electron chi connectivity index (χ4n) is 3.24. The zero-order valence-corrected chi connectivity index (χ0v) is 15.1. The molecule has 0 unspecified atom stereocenters. The average Bonchev–Trinajstić information content (AvgIpc) is 2.85. The first-order valence-corrected chi connectivity index (χ1v) is 9.15. The number of guanidine groups is 1. The molecule has 0 bridgehead atoms. The third-order valence-electron chi connectivity index (χ3n) is 4.65. The molecular formula is C18H25F3N4O2. The quantitative estimate of drug-likeness (QED) is 0.615. The summed E-state index contributed by atoms with van der Waals surface area (Å²) in [5.74, 6) is 1.90. The van der Waals surface area contributed by atoms with Crippen LogP contribution in [0, 0.1) is 5.92 Å². The second-order valence-electron chi connectivity index (χ2n) is 6.90. The second-order valence-corrected chi connectivity index (χ2v) is 6.90. The predicted octanol–water partition coefficient (Wildman–Crippen LogP) is 2.85. The van der Waals surface area contributed by atoms with E-state index >= 15 is 0 Å². The smallest absolute Gasteiger partial charge is 0.401 e. The Balaban J connectivity index is 1.47. The molecule has 1 aromatic carbocycles. The highest BCUT2D eigenvalue weighted by molar-refractivity contribution is 5.92. The van der Waals surface area contributed by atoms with Crippen LogP contribution < -0.4 is 20.5 Å². The van der Waals surface area contributed by atoms with Crippen LogP contribution in [0.1, 0.15) is 19.3 Å². The van der Waals surface area contributed by atoms with Crippen molar-refractivity contribution in [3.8, 4) is 11.5 Å². The molecule has 0 atom stereocenters. The molecule has 0 spiro atoms. The van der Waals surface area contributed by atoms with Gasteiger partial charge in [0.1, 0.15) is 0 Å². The summed E-state index contributed by atoms with van der Waals surface area (Å²) in [6, 6.07) is 5.48. The van der Waals surface area contributed by atoms with E-state index in [1.165, 1.54) is 4.90 Å². The number of alkyl halides is 3. The zero-order chi connectivity index (χ0) is 19.3. The Kier molecular flexibility index (Phi) is 6.30. The predicted molar refractivity (Wildman–Crippen MR) is 97.4 cm³/mol. The Morgan fingerprint density at radius 1 is 1.19 bits per heavy atom. The highest BCUT2D eigenvalue weighted by Crippen LogP contribution is 2.32. The molecule has 0 aliphatic carbocycles. The van der Waals surface area contributed by atoms with E-state index in [4.69, 9.17) is 15.2 Å². The molecule has 0 amide bonds. The number of piperidine rings is 1. The third kappa shape index (κ3) is 6.20. The van der Waals surface area contributed by atoms with Gasteiger partial charge in [-0.05, 0) is 44.0 Å². The van der Waals surface area contributed by atoms with E-state index in [1.54, 1.807) is 0 Å². The number of likely N-dealkylation sites (tertiary alicyclic amines) is 1. The number of nitrogens with zero attached hydrogens (tertiary/aromatic N) is 2. The molecule has 3 rings (SSSR count). The lowest BCUT2D eigenvalue weighted by Gasteiger charge is -2.31. The highest BCUT2D eigenvalue weighted by Gasteiger charge is 2.32. The van der Waals surface area contributed by atoms with Crippen LogP contribution in [0.3, 0.4) is 0 Å².